The Morgan fingerprint density at radius 2 is 1.96 bits per heavy atom. The number of carbonyl (C=O) groups excluding carboxylic acids is 1. The number of aromatic nitrogens is 1. The number of methoxy groups -OCH3 is 1. The van der Waals surface area contributed by atoms with Crippen LogP contribution in [0.25, 0.3) is 10.9 Å². The average molecular weight is 366 g/mol. The highest BCUT2D eigenvalue weighted by Crippen LogP contribution is 2.38. The fraction of sp³-hybridized carbons (Fsp3) is 0.238. The number of phenolic OH excluding ortho intramolecular Hbond substituents is 1. The Kier molecular flexibility index (Phi) is 5.88. The Balaban J connectivity index is 2.02. The van der Waals surface area contributed by atoms with E-state index in [0.717, 1.165) is 10.9 Å². The van der Waals surface area contributed by atoms with Gasteiger partial charge in [-0.2, -0.15) is 0 Å². The van der Waals surface area contributed by atoms with Gasteiger partial charge in [0, 0.05) is 36.0 Å². The first-order valence-corrected chi connectivity index (χ1v) is 8.72. The Hall–Kier alpha value is -3.12. The van der Waals surface area contributed by atoms with E-state index in [4.69, 9.17) is 9.84 Å². The van der Waals surface area contributed by atoms with E-state index in [0.29, 0.717) is 16.8 Å². The first-order chi connectivity index (χ1) is 13.1. The molecule has 0 saturated heterocycles. The lowest BCUT2D eigenvalue weighted by molar-refractivity contribution is -0.121. The van der Waals surface area contributed by atoms with Crippen LogP contribution in [-0.2, 0) is 4.79 Å². The first-order valence-electron chi connectivity index (χ1n) is 8.72. The number of hydrogen-bond acceptors (Lipinski definition) is 5. The van der Waals surface area contributed by atoms with Crippen molar-refractivity contribution in [3.05, 3.63) is 65.9 Å². The normalized spacial score (nSPS) is 11.9. The van der Waals surface area contributed by atoms with Gasteiger partial charge < -0.3 is 20.3 Å². The molecule has 1 unspecified atom stereocenters. The third kappa shape index (κ3) is 4.17. The zero-order chi connectivity index (χ0) is 19.2. The summed E-state index contributed by atoms with van der Waals surface area (Å²) < 4.78 is 5.20. The molecule has 0 saturated carbocycles. The smallest absolute Gasteiger partial charge is 0.221 e. The van der Waals surface area contributed by atoms with Crippen LogP contribution in [-0.4, -0.2) is 41.4 Å². The summed E-state index contributed by atoms with van der Waals surface area (Å²) in [6, 6.07) is 14.8. The van der Waals surface area contributed by atoms with Crippen molar-refractivity contribution in [2.75, 3.05) is 20.3 Å². The second-order valence-corrected chi connectivity index (χ2v) is 6.18. The summed E-state index contributed by atoms with van der Waals surface area (Å²) in [5.74, 6) is 0.224. The van der Waals surface area contributed by atoms with Crippen LogP contribution < -0.4 is 10.1 Å². The summed E-state index contributed by atoms with van der Waals surface area (Å²) in [6.07, 6.45) is 1.76. The molecule has 0 fully saturated rings. The number of aliphatic hydroxyl groups is 1. The number of rotatable bonds is 7. The van der Waals surface area contributed by atoms with Gasteiger partial charge >= 0.3 is 0 Å². The number of carbonyl (C=O) groups is 1. The maximum absolute atomic E-state index is 12.3. The summed E-state index contributed by atoms with van der Waals surface area (Å²) in [5.41, 5.74) is 2.01. The van der Waals surface area contributed by atoms with Crippen LogP contribution in [0, 0.1) is 0 Å². The minimum atomic E-state index is -0.360. The zero-order valence-corrected chi connectivity index (χ0v) is 15.1. The molecule has 1 aromatic heterocycles. The van der Waals surface area contributed by atoms with Gasteiger partial charge in [-0.15, -0.1) is 0 Å². The number of nitrogens with zero attached hydrogens (tertiary/aromatic N) is 1. The predicted octanol–water partition coefficient (Wildman–Crippen LogP) is 2.58. The number of aromatic hydroxyl groups is 1. The van der Waals surface area contributed by atoms with Crippen LogP contribution in [0.4, 0.5) is 0 Å². The lowest BCUT2D eigenvalue weighted by atomic mass is 9.87. The summed E-state index contributed by atoms with van der Waals surface area (Å²) in [7, 11) is 1.59. The molecular formula is C21H22N2O4. The summed E-state index contributed by atoms with van der Waals surface area (Å²) in [5, 5.41) is 23.2. The van der Waals surface area contributed by atoms with Gasteiger partial charge in [-0.05, 0) is 23.8 Å². The fourth-order valence-corrected chi connectivity index (χ4v) is 3.12. The van der Waals surface area contributed by atoms with Crippen molar-refractivity contribution in [1.29, 1.82) is 0 Å². The van der Waals surface area contributed by atoms with E-state index in [1.54, 1.807) is 13.3 Å². The summed E-state index contributed by atoms with van der Waals surface area (Å²) >= 11 is 0. The third-order valence-electron chi connectivity index (χ3n) is 4.50. The van der Waals surface area contributed by atoms with Gasteiger partial charge in [-0.1, -0.05) is 30.3 Å². The molecule has 1 amide bonds. The van der Waals surface area contributed by atoms with Crippen molar-refractivity contribution in [3.63, 3.8) is 0 Å². The van der Waals surface area contributed by atoms with Crippen LogP contribution in [0.15, 0.2) is 54.7 Å². The number of benzene rings is 2. The maximum Gasteiger partial charge on any atom is 0.221 e. The first kappa shape index (κ1) is 18.7. The predicted molar refractivity (Wildman–Crippen MR) is 103 cm³/mol. The number of fused-ring (bicyclic) bond motifs is 1. The monoisotopic (exact) mass is 366 g/mol. The van der Waals surface area contributed by atoms with Crippen LogP contribution in [0.5, 0.6) is 11.5 Å². The molecule has 3 rings (SSSR count). The van der Waals surface area contributed by atoms with Gasteiger partial charge in [-0.25, -0.2) is 0 Å². The highest BCUT2D eigenvalue weighted by molar-refractivity contribution is 5.86. The lowest BCUT2D eigenvalue weighted by Gasteiger charge is -2.20. The number of nitrogens with one attached hydrogen (secondary N) is 1. The molecule has 0 spiro atoms. The van der Waals surface area contributed by atoms with Crippen LogP contribution in [0.3, 0.4) is 0 Å². The summed E-state index contributed by atoms with van der Waals surface area (Å²) in [6.45, 7) is 0.0729. The lowest BCUT2D eigenvalue weighted by Crippen LogP contribution is -2.28. The molecule has 0 radical (unpaired) electrons. The number of phenols is 1. The molecule has 6 nitrogen and oxygen atoms in total. The van der Waals surface area contributed by atoms with Crippen LogP contribution in [0.2, 0.25) is 0 Å². The zero-order valence-electron chi connectivity index (χ0n) is 15.1. The Labute approximate surface area is 157 Å². The highest BCUT2D eigenvalue weighted by atomic mass is 16.5. The number of pyridine rings is 1. The van der Waals surface area contributed by atoms with Crippen molar-refractivity contribution < 1.29 is 19.7 Å². The maximum atomic E-state index is 12.3. The molecule has 3 aromatic rings. The molecule has 27 heavy (non-hydrogen) atoms. The van der Waals surface area contributed by atoms with Gasteiger partial charge in [0.05, 0.1) is 13.7 Å². The molecular weight excluding hydrogens is 344 g/mol. The van der Waals surface area contributed by atoms with Crippen LogP contribution in [0.1, 0.15) is 23.5 Å². The van der Waals surface area contributed by atoms with Crippen molar-refractivity contribution in [3.8, 4) is 11.5 Å². The Morgan fingerprint density at radius 1 is 1.19 bits per heavy atom. The van der Waals surface area contributed by atoms with E-state index < -0.39 is 0 Å². The van der Waals surface area contributed by atoms with E-state index in [2.05, 4.69) is 10.3 Å². The SMILES string of the molecule is COc1ccc(C(CC(=O)NCCO)c2ccc3cccnc3c2O)cc1. The molecule has 0 aliphatic heterocycles. The molecule has 6 heteroatoms. The van der Waals surface area contributed by atoms with Crippen molar-refractivity contribution >= 4 is 16.8 Å². The molecule has 0 aliphatic carbocycles. The largest absolute Gasteiger partial charge is 0.505 e. The van der Waals surface area contributed by atoms with Gasteiger partial charge in [0.1, 0.15) is 17.0 Å². The minimum Gasteiger partial charge on any atom is -0.505 e. The van der Waals surface area contributed by atoms with E-state index >= 15 is 0 Å². The molecule has 1 atom stereocenters. The van der Waals surface area contributed by atoms with E-state index in [-0.39, 0.29) is 37.1 Å². The molecule has 2 aromatic carbocycles. The minimum absolute atomic E-state index is 0.0730. The van der Waals surface area contributed by atoms with Crippen molar-refractivity contribution in [2.24, 2.45) is 0 Å². The second kappa shape index (κ2) is 8.51. The van der Waals surface area contributed by atoms with Gasteiger partial charge in [-0.3, -0.25) is 9.78 Å². The quantitative estimate of drug-likeness (QED) is 0.598. The molecule has 1 heterocycles. The van der Waals surface area contributed by atoms with Gasteiger partial charge in [0.2, 0.25) is 5.91 Å². The molecule has 0 bridgehead atoms. The Morgan fingerprint density at radius 3 is 2.67 bits per heavy atom. The molecule has 140 valence electrons. The number of hydrogen-bond donors (Lipinski definition) is 3. The summed E-state index contributed by atoms with van der Waals surface area (Å²) in [4.78, 5) is 16.6. The standard InChI is InChI=1S/C21H22N2O4/c1-27-16-7-4-14(5-8-16)18(13-19(25)22-11-12-24)17-9-6-15-3-2-10-23-20(15)21(17)26/h2-10,18,24,26H,11-13H2,1H3,(H,22,25). The molecule has 0 aliphatic rings. The number of ether oxygens (including phenoxy) is 1. The second-order valence-electron chi connectivity index (χ2n) is 6.18. The van der Waals surface area contributed by atoms with E-state index in [9.17, 15) is 9.90 Å². The fourth-order valence-electron chi connectivity index (χ4n) is 3.12. The van der Waals surface area contributed by atoms with Crippen molar-refractivity contribution in [1.82, 2.24) is 10.3 Å². The topological polar surface area (TPSA) is 91.7 Å². The van der Waals surface area contributed by atoms with Crippen molar-refractivity contribution in [2.45, 2.75) is 12.3 Å². The van der Waals surface area contributed by atoms with Gasteiger partial charge in [0.25, 0.3) is 0 Å². The number of amides is 1. The van der Waals surface area contributed by atoms with E-state index in [1.165, 1.54) is 0 Å². The highest BCUT2D eigenvalue weighted by Gasteiger charge is 2.22. The molecule has 3 N–H and O–H groups in total. The average Bonchev–Trinajstić information content (AvgIpc) is 2.71. The third-order valence-corrected chi connectivity index (χ3v) is 4.50. The number of aliphatic hydroxyl groups excluding tert-OH is 1. The van der Waals surface area contributed by atoms with Gasteiger partial charge in [0.15, 0.2) is 0 Å². The van der Waals surface area contributed by atoms with E-state index in [1.807, 2.05) is 48.5 Å². The Bertz CT molecular complexity index is 925. The van der Waals surface area contributed by atoms with Crippen LogP contribution >= 0.6 is 0 Å².